The lowest BCUT2D eigenvalue weighted by molar-refractivity contribution is -0.115. The Balaban J connectivity index is 1.19. The average molecular weight is 599 g/mol. The number of fused-ring (bicyclic) bond motifs is 3. The normalized spacial score (nSPS) is 15.4. The van der Waals surface area contributed by atoms with Crippen LogP contribution in [0.4, 0.5) is 15.8 Å². The predicted octanol–water partition coefficient (Wildman–Crippen LogP) is 7.22. The first-order valence-corrected chi connectivity index (χ1v) is 15.4. The van der Waals surface area contributed by atoms with Crippen molar-refractivity contribution < 1.29 is 9.18 Å². The number of nitrogens with one attached hydrogen (secondary N) is 4. The van der Waals surface area contributed by atoms with Crippen molar-refractivity contribution in [2.45, 2.75) is 18.9 Å². The summed E-state index contributed by atoms with van der Waals surface area (Å²) < 4.78 is 16.9. The van der Waals surface area contributed by atoms with E-state index in [9.17, 15) is 4.79 Å². The third-order valence-corrected chi connectivity index (χ3v) is 8.98. The van der Waals surface area contributed by atoms with Crippen molar-refractivity contribution >= 4 is 45.2 Å². The van der Waals surface area contributed by atoms with E-state index in [2.05, 4.69) is 43.4 Å². The minimum Gasteiger partial charge on any atom is -0.384 e. The molecule has 0 radical (unpaired) electrons. The molecule has 2 aliphatic heterocycles. The van der Waals surface area contributed by atoms with Gasteiger partial charge in [-0.3, -0.25) is 9.78 Å². The number of anilines is 2. The van der Waals surface area contributed by atoms with Gasteiger partial charge in [0.05, 0.1) is 41.0 Å². The van der Waals surface area contributed by atoms with Crippen LogP contribution in [0.2, 0.25) is 0 Å². The smallest absolute Gasteiger partial charge is 0.228 e. The van der Waals surface area contributed by atoms with Gasteiger partial charge in [0.15, 0.2) is 0 Å². The van der Waals surface area contributed by atoms with Gasteiger partial charge in [0.1, 0.15) is 11.6 Å². The second-order valence-corrected chi connectivity index (χ2v) is 11.9. The molecule has 0 aliphatic carbocycles. The lowest BCUT2D eigenvalue weighted by Gasteiger charge is -2.18. The van der Waals surface area contributed by atoms with Gasteiger partial charge in [-0.15, -0.1) is 11.3 Å². The summed E-state index contributed by atoms with van der Waals surface area (Å²) in [4.78, 5) is 26.7. The molecular formula is C35H27FN6OS. The van der Waals surface area contributed by atoms with E-state index >= 15 is 4.39 Å². The molecular weight excluding hydrogens is 571 g/mol. The van der Waals surface area contributed by atoms with Crippen molar-refractivity contribution in [3.63, 3.8) is 0 Å². The number of H-pyrrole nitrogens is 1. The molecule has 44 heavy (non-hydrogen) atoms. The van der Waals surface area contributed by atoms with Gasteiger partial charge in [-0.2, -0.15) is 0 Å². The fraction of sp³-hybridized carbons (Fsp3) is 0.114. The monoisotopic (exact) mass is 598 g/mol. The summed E-state index contributed by atoms with van der Waals surface area (Å²) in [6, 6.07) is 25.3. The molecule has 0 bridgehead atoms. The molecule has 1 fully saturated rings. The lowest BCUT2D eigenvalue weighted by atomic mass is 9.94. The first kappa shape index (κ1) is 26.4. The molecule has 9 heteroatoms. The van der Waals surface area contributed by atoms with Gasteiger partial charge in [0.25, 0.3) is 0 Å². The topological polar surface area (TPSA) is 105 Å². The third kappa shape index (κ3) is 4.81. The summed E-state index contributed by atoms with van der Waals surface area (Å²) in [5, 5.41) is 11.9. The number of imidazole rings is 1. The number of carbonyl (C=O) groups excluding carboxylic acids is 1. The van der Waals surface area contributed by atoms with Gasteiger partial charge >= 0.3 is 0 Å². The van der Waals surface area contributed by atoms with Gasteiger partial charge in [-0.05, 0) is 47.7 Å². The van der Waals surface area contributed by atoms with Crippen LogP contribution in [0.5, 0.6) is 0 Å². The van der Waals surface area contributed by atoms with Crippen LogP contribution >= 0.6 is 11.3 Å². The number of carbonyl (C=O) groups is 1. The van der Waals surface area contributed by atoms with E-state index in [1.165, 1.54) is 0 Å². The molecule has 1 saturated heterocycles. The quantitative estimate of drug-likeness (QED) is 0.152. The van der Waals surface area contributed by atoms with Gasteiger partial charge in [0.2, 0.25) is 5.91 Å². The fourth-order valence-electron chi connectivity index (χ4n) is 5.95. The van der Waals surface area contributed by atoms with E-state index in [1.807, 2.05) is 54.6 Å². The van der Waals surface area contributed by atoms with Crippen LogP contribution < -0.4 is 16.0 Å². The number of nitrogens with zero attached hydrogens (tertiary/aromatic N) is 2. The maximum absolute atomic E-state index is 16.9. The van der Waals surface area contributed by atoms with Crippen LogP contribution in [-0.4, -0.2) is 33.4 Å². The number of rotatable bonds is 6. The highest BCUT2D eigenvalue weighted by Gasteiger charge is 2.37. The van der Waals surface area contributed by atoms with E-state index < -0.39 is 0 Å². The molecule has 0 spiro atoms. The maximum Gasteiger partial charge on any atom is 0.228 e. The first-order chi connectivity index (χ1) is 21.6. The molecule has 1 unspecified atom stereocenters. The zero-order valence-corrected chi connectivity index (χ0v) is 24.3. The molecule has 4 N–H and O–H groups in total. The van der Waals surface area contributed by atoms with E-state index in [0.29, 0.717) is 40.4 Å². The van der Waals surface area contributed by atoms with Gasteiger partial charge in [-0.25, -0.2) is 9.37 Å². The zero-order valence-electron chi connectivity index (χ0n) is 23.5. The largest absolute Gasteiger partial charge is 0.384 e. The van der Waals surface area contributed by atoms with Gasteiger partial charge in [-0.1, -0.05) is 48.5 Å². The number of aromatic amines is 1. The standard InChI is InChI=1S/C35H27FN6OS/c36-32-23(21-17-22(19-37-18-21)39-29(43)16-20-6-2-1-3-7-20)11-12-25-30(32)31(34-27(40-34)13-14-38-25)35-41-26-9-4-8-24(33(26)42-35)28-10-5-15-44-28/h1-12,15,17-19,27,38,40H,13-14,16H2,(H,39,43)(H,41,42). The summed E-state index contributed by atoms with van der Waals surface area (Å²) in [6.07, 6.45) is 4.32. The number of halogens is 1. The molecule has 216 valence electrons. The van der Waals surface area contributed by atoms with Crippen molar-refractivity contribution in [1.29, 1.82) is 0 Å². The highest BCUT2D eigenvalue weighted by Crippen LogP contribution is 2.43. The Hall–Kier alpha value is -5.28. The molecule has 3 aromatic heterocycles. The number of hydrogen-bond donors (Lipinski definition) is 4. The number of amides is 1. The second kappa shape index (κ2) is 10.8. The number of thiophene rings is 1. The predicted molar refractivity (Wildman–Crippen MR) is 174 cm³/mol. The summed E-state index contributed by atoms with van der Waals surface area (Å²) in [6.45, 7) is 0.716. The Morgan fingerprint density at radius 1 is 1.00 bits per heavy atom. The Bertz CT molecular complexity index is 2070. The Morgan fingerprint density at radius 3 is 2.77 bits per heavy atom. The minimum absolute atomic E-state index is 0.156. The average Bonchev–Trinajstić information content (AvgIpc) is 3.38. The van der Waals surface area contributed by atoms with E-state index in [-0.39, 0.29) is 24.2 Å². The molecule has 5 heterocycles. The van der Waals surface area contributed by atoms with E-state index in [1.54, 1.807) is 35.9 Å². The van der Waals surface area contributed by atoms with Crippen molar-refractivity contribution in [3.8, 4) is 21.6 Å². The van der Waals surface area contributed by atoms with Crippen LogP contribution in [0, 0.1) is 5.82 Å². The molecule has 7 nitrogen and oxygen atoms in total. The summed E-state index contributed by atoms with van der Waals surface area (Å²) in [5.41, 5.74) is 8.06. The Kier molecular flexibility index (Phi) is 6.45. The molecule has 0 saturated carbocycles. The number of hydrogen-bond acceptors (Lipinski definition) is 6. The second-order valence-electron chi connectivity index (χ2n) is 11.0. The van der Waals surface area contributed by atoms with Crippen molar-refractivity contribution in [2.75, 3.05) is 17.2 Å². The molecule has 2 aliphatic rings. The number of benzene rings is 3. The highest BCUT2D eigenvalue weighted by atomic mass is 32.1. The molecule has 3 aromatic carbocycles. The van der Waals surface area contributed by atoms with Gasteiger partial charge < -0.3 is 20.9 Å². The third-order valence-electron chi connectivity index (χ3n) is 8.08. The molecule has 8 rings (SSSR count). The molecule has 1 amide bonds. The summed E-state index contributed by atoms with van der Waals surface area (Å²) in [5.74, 6) is 0.0816. The number of aromatic nitrogens is 3. The van der Waals surface area contributed by atoms with Crippen LogP contribution in [0.15, 0.2) is 102 Å². The molecule has 1 atom stereocenters. The Labute approximate surface area is 256 Å². The van der Waals surface area contributed by atoms with Gasteiger partial charge in [0, 0.05) is 51.3 Å². The van der Waals surface area contributed by atoms with Crippen LogP contribution in [-0.2, 0) is 11.2 Å². The fourth-order valence-corrected chi connectivity index (χ4v) is 6.71. The lowest BCUT2D eigenvalue weighted by Crippen LogP contribution is -2.14. The first-order valence-electron chi connectivity index (χ1n) is 14.5. The number of para-hydroxylation sites is 1. The Morgan fingerprint density at radius 2 is 1.91 bits per heavy atom. The van der Waals surface area contributed by atoms with Crippen LogP contribution in [0.3, 0.4) is 0 Å². The molecule has 6 aromatic rings. The summed E-state index contributed by atoms with van der Waals surface area (Å²) >= 11 is 1.67. The number of pyridine rings is 1. The van der Waals surface area contributed by atoms with E-state index in [0.717, 1.165) is 44.7 Å². The van der Waals surface area contributed by atoms with Crippen molar-refractivity contribution in [3.05, 3.63) is 125 Å². The van der Waals surface area contributed by atoms with Crippen molar-refractivity contribution in [1.82, 2.24) is 20.3 Å². The SMILES string of the molecule is O=C(Cc1ccccc1)Nc1cncc(-c2ccc3c(c2F)C(c2nc4c(-c5cccs5)cccc4[nH]2)=C2NC2CCN3)c1. The zero-order chi connectivity index (χ0) is 29.6. The van der Waals surface area contributed by atoms with Crippen LogP contribution in [0.1, 0.15) is 23.4 Å². The minimum atomic E-state index is -0.375. The van der Waals surface area contributed by atoms with Crippen LogP contribution in [0.25, 0.3) is 38.2 Å². The summed E-state index contributed by atoms with van der Waals surface area (Å²) in [7, 11) is 0. The highest BCUT2D eigenvalue weighted by molar-refractivity contribution is 7.13. The maximum atomic E-state index is 16.9. The van der Waals surface area contributed by atoms with Crippen molar-refractivity contribution in [2.24, 2.45) is 0 Å². The van der Waals surface area contributed by atoms with E-state index in [4.69, 9.17) is 4.98 Å².